The number of hydrogen-bond donors (Lipinski definition) is 2. The molecule has 0 aliphatic carbocycles. The largest absolute Gasteiger partial charge is 0.438 e. The Balaban J connectivity index is 0.00000162. The summed E-state index contributed by atoms with van der Waals surface area (Å²) < 4.78 is 5.06. The van der Waals surface area contributed by atoms with Gasteiger partial charge in [0.05, 0.1) is 5.69 Å². The number of oxazole rings is 1. The first-order valence-electron chi connectivity index (χ1n) is 6.00. The summed E-state index contributed by atoms with van der Waals surface area (Å²) >= 11 is 0. The average Bonchev–Trinajstić information content (AvgIpc) is 2.74. The Morgan fingerprint density at radius 3 is 2.63 bits per heavy atom. The molecule has 5 nitrogen and oxygen atoms in total. The number of piperidine rings is 1. The molecule has 0 spiro atoms. The molecule has 7 heteroatoms. The second-order valence-electron chi connectivity index (χ2n) is 5.01. The van der Waals surface area contributed by atoms with Crippen LogP contribution in [0.3, 0.4) is 0 Å². The number of amides is 1. The summed E-state index contributed by atoms with van der Waals surface area (Å²) in [5.41, 5.74) is 0.826. The quantitative estimate of drug-likeness (QED) is 0.895. The number of hydrogen-bond acceptors (Lipinski definition) is 4. The van der Waals surface area contributed by atoms with Gasteiger partial charge in [0.25, 0.3) is 5.91 Å². The van der Waals surface area contributed by atoms with Gasteiger partial charge in [-0.3, -0.25) is 4.79 Å². The first kappa shape index (κ1) is 18.2. The summed E-state index contributed by atoms with van der Waals surface area (Å²) in [4.78, 5) is 15.8. The zero-order valence-electron chi connectivity index (χ0n) is 11.2. The molecule has 1 aliphatic heterocycles. The van der Waals surface area contributed by atoms with E-state index in [9.17, 15) is 4.79 Å². The summed E-state index contributed by atoms with van der Waals surface area (Å²) in [5.74, 6) is 0.155. The van der Waals surface area contributed by atoms with E-state index in [1.807, 2.05) is 0 Å². The van der Waals surface area contributed by atoms with Crippen LogP contribution < -0.4 is 10.6 Å². The molecule has 0 unspecified atom stereocenters. The molecule has 0 atom stereocenters. The fourth-order valence-corrected chi connectivity index (χ4v) is 2.10. The molecule has 1 aromatic rings. The van der Waals surface area contributed by atoms with Gasteiger partial charge in [-0.1, -0.05) is 6.92 Å². The molecule has 0 bridgehead atoms. The lowest BCUT2D eigenvalue weighted by molar-refractivity contribution is 0.0893. The van der Waals surface area contributed by atoms with Crippen molar-refractivity contribution >= 4 is 30.7 Å². The van der Waals surface area contributed by atoms with Crippen LogP contribution in [0.1, 0.15) is 36.0 Å². The highest BCUT2D eigenvalue weighted by molar-refractivity contribution is 5.92. The highest BCUT2D eigenvalue weighted by atomic mass is 35.5. The summed E-state index contributed by atoms with van der Waals surface area (Å²) in [6, 6.07) is 0. The van der Waals surface area contributed by atoms with E-state index in [1.165, 1.54) is 6.39 Å². The average molecular weight is 310 g/mol. The van der Waals surface area contributed by atoms with Gasteiger partial charge in [-0.15, -0.1) is 24.8 Å². The molecular formula is C12H21Cl2N3O2. The number of aryl methyl sites for hydroxylation is 1. The third-order valence-corrected chi connectivity index (χ3v) is 3.44. The van der Waals surface area contributed by atoms with Gasteiger partial charge in [-0.2, -0.15) is 0 Å². The second kappa shape index (κ2) is 7.72. The first-order valence-corrected chi connectivity index (χ1v) is 6.00. The number of nitrogens with one attached hydrogen (secondary N) is 2. The minimum Gasteiger partial charge on any atom is -0.438 e. The van der Waals surface area contributed by atoms with Gasteiger partial charge in [0.1, 0.15) is 0 Å². The van der Waals surface area contributed by atoms with E-state index >= 15 is 0 Å². The van der Waals surface area contributed by atoms with Crippen molar-refractivity contribution < 1.29 is 9.21 Å². The molecule has 1 aliphatic rings. The highest BCUT2D eigenvalue weighted by Crippen LogP contribution is 2.26. The zero-order chi connectivity index (χ0) is 12.3. The summed E-state index contributed by atoms with van der Waals surface area (Å²) in [7, 11) is 0. The molecular weight excluding hydrogens is 289 g/mol. The molecule has 1 aromatic heterocycles. The number of carbonyl (C=O) groups excluding carboxylic acids is 1. The SMILES string of the molecule is Cc1ncoc1C(=O)NCC1(C)CCNCC1.Cl.Cl. The van der Waals surface area contributed by atoms with Gasteiger partial charge >= 0.3 is 0 Å². The molecule has 0 saturated carbocycles. The van der Waals surface area contributed by atoms with Crippen molar-refractivity contribution in [1.82, 2.24) is 15.6 Å². The minimum absolute atomic E-state index is 0. The molecule has 1 fully saturated rings. The topological polar surface area (TPSA) is 67.2 Å². The Hall–Kier alpha value is -0.780. The van der Waals surface area contributed by atoms with Crippen molar-refractivity contribution in [2.75, 3.05) is 19.6 Å². The Labute approximate surface area is 125 Å². The Bertz CT molecular complexity index is 403. The van der Waals surface area contributed by atoms with E-state index in [0.29, 0.717) is 18.0 Å². The number of aromatic nitrogens is 1. The smallest absolute Gasteiger partial charge is 0.289 e. The van der Waals surface area contributed by atoms with Gasteiger partial charge in [-0.25, -0.2) is 4.98 Å². The van der Waals surface area contributed by atoms with E-state index < -0.39 is 0 Å². The zero-order valence-corrected chi connectivity index (χ0v) is 12.8. The molecule has 0 radical (unpaired) electrons. The fourth-order valence-electron chi connectivity index (χ4n) is 2.10. The van der Waals surface area contributed by atoms with E-state index in [2.05, 4.69) is 22.5 Å². The molecule has 2 heterocycles. The Morgan fingerprint density at radius 2 is 2.11 bits per heavy atom. The van der Waals surface area contributed by atoms with Gasteiger partial charge in [0.15, 0.2) is 6.39 Å². The number of nitrogens with zero attached hydrogens (tertiary/aromatic N) is 1. The Kier molecular flexibility index (Phi) is 7.41. The van der Waals surface area contributed by atoms with E-state index in [-0.39, 0.29) is 36.1 Å². The van der Waals surface area contributed by atoms with Crippen LogP contribution in [0.15, 0.2) is 10.8 Å². The van der Waals surface area contributed by atoms with E-state index in [1.54, 1.807) is 6.92 Å². The lowest BCUT2D eigenvalue weighted by atomic mass is 9.81. The molecule has 0 aromatic carbocycles. The van der Waals surface area contributed by atoms with Crippen LogP contribution in [-0.4, -0.2) is 30.5 Å². The fraction of sp³-hybridized carbons (Fsp3) is 0.667. The number of rotatable bonds is 3. The Morgan fingerprint density at radius 1 is 1.47 bits per heavy atom. The normalized spacial score (nSPS) is 16.9. The van der Waals surface area contributed by atoms with Crippen LogP contribution in [0.25, 0.3) is 0 Å². The lowest BCUT2D eigenvalue weighted by Crippen LogP contribution is -2.42. The van der Waals surface area contributed by atoms with Crippen LogP contribution in [0, 0.1) is 12.3 Å². The molecule has 110 valence electrons. The van der Waals surface area contributed by atoms with Gasteiger partial charge in [0.2, 0.25) is 5.76 Å². The van der Waals surface area contributed by atoms with E-state index in [4.69, 9.17) is 4.42 Å². The molecule has 2 N–H and O–H groups in total. The van der Waals surface area contributed by atoms with Gasteiger partial charge < -0.3 is 15.1 Å². The monoisotopic (exact) mass is 309 g/mol. The predicted molar refractivity (Wildman–Crippen MR) is 78.3 cm³/mol. The second-order valence-corrected chi connectivity index (χ2v) is 5.01. The van der Waals surface area contributed by atoms with Crippen molar-refractivity contribution in [2.45, 2.75) is 26.7 Å². The van der Waals surface area contributed by atoms with Crippen molar-refractivity contribution in [3.05, 3.63) is 17.8 Å². The standard InChI is InChI=1S/C12H19N3O2.2ClH/c1-9-10(17-8-15-9)11(16)14-7-12(2)3-5-13-6-4-12;;/h8,13H,3-7H2,1-2H3,(H,14,16);2*1H. The lowest BCUT2D eigenvalue weighted by Gasteiger charge is -2.34. The van der Waals surface area contributed by atoms with Crippen LogP contribution in [0.2, 0.25) is 0 Å². The van der Waals surface area contributed by atoms with Crippen molar-refractivity contribution in [2.24, 2.45) is 5.41 Å². The van der Waals surface area contributed by atoms with Gasteiger partial charge in [0, 0.05) is 6.54 Å². The van der Waals surface area contributed by atoms with Crippen molar-refractivity contribution in [3.63, 3.8) is 0 Å². The maximum atomic E-state index is 11.9. The van der Waals surface area contributed by atoms with Crippen LogP contribution in [-0.2, 0) is 0 Å². The summed E-state index contributed by atoms with van der Waals surface area (Å²) in [6.07, 6.45) is 3.47. The van der Waals surface area contributed by atoms with Crippen LogP contribution in [0.5, 0.6) is 0 Å². The van der Waals surface area contributed by atoms with Crippen LogP contribution in [0.4, 0.5) is 0 Å². The van der Waals surface area contributed by atoms with Gasteiger partial charge in [-0.05, 0) is 38.3 Å². The van der Waals surface area contributed by atoms with Crippen molar-refractivity contribution in [3.8, 4) is 0 Å². The molecule has 1 amide bonds. The number of carbonyl (C=O) groups is 1. The highest BCUT2D eigenvalue weighted by Gasteiger charge is 2.27. The first-order chi connectivity index (χ1) is 8.11. The summed E-state index contributed by atoms with van der Waals surface area (Å²) in [6.45, 7) is 6.71. The maximum absolute atomic E-state index is 11.9. The third kappa shape index (κ3) is 4.67. The molecule has 19 heavy (non-hydrogen) atoms. The number of halogens is 2. The van der Waals surface area contributed by atoms with Crippen molar-refractivity contribution in [1.29, 1.82) is 0 Å². The minimum atomic E-state index is -0.167. The van der Waals surface area contributed by atoms with Crippen LogP contribution >= 0.6 is 24.8 Å². The summed E-state index contributed by atoms with van der Waals surface area (Å²) in [5, 5.41) is 6.26. The molecule has 1 saturated heterocycles. The van der Waals surface area contributed by atoms with E-state index in [0.717, 1.165) is 25.9 Å². The predicted octanol–water partition coefficient (Wildman–Crippen LogP) is 1.95. The maximum Gasteiger partial charge on any atom is 0.289 e. The molecule has 2 rings (SSSR count). The third-order valence-electron chi connectivity index (χ3n) is 3.44.